The fourth-order valence-electron chi connectivity index (χ4n) is 1.81. The summed E-state index contributed by atoms with van der Waals surface area (Å²) in [5.41, 5.74) is 0.590. The number of ether oxygens (including phenoxy) is 1. The number of morpholine rings is 1. The van der Waals surface area contributed by atoms with Gasteiger partial charge in [0.2, 0.25) is 0 Å². The van der Waals surface area contributed by atoms with Crippen LogP contribution in [-0.2, 0) is 11.3 Å². The number of rotatable bonds is 3. The number of phenolic OH excluding ortho intramolecular Hbond substituents is 1. The molecule has 1 aliphatic rings. The highest BCUT2D eigenvalue weighted by molar-refractivity contribution is 5.42. The lowest BCUT2D eigenvalue weighted by Crippen LogP contribution is -2.35. The van der Waals surface area contributed by atoms with Crippen LogP contribution >= 0.6 is 0 Å². The molecule has 1 heterocycles. The third-order valence-electron chi connectivity index (χ3n) is 2.77. The van der Waals surface area contributed by atoms with Crippen molar-refractivity contribution in [2.75, 3.05) is 26.3 Å². The predicted octanol–water partition coefficient (Wildman–Crippen LogP) is 1.13. The van der Waals surface area contributed by atoms with E-state index in [9.17, 15) is 15.2 Å². The zero-order chi connectivity index (χ0) is 12.3. The van der Waals surface area contributed by atoms with Crippen molar-refractivity contribution in [1.82, 2.24) is 4.90 Å². The molecule has 0 bridgehead atoms. The van der Waals surface area contributed by atoms with E-state index in [1.54, 1.807) is 0 Å². The number of hydrogen-bond donors (Lipinski definition) is 1. The van der Waals surface area contributed by atoms with Crippen LogP contribution in [0.15, 0.2) is 18.2 Å². The third-order valence-corrected chi connectivity index (χ3v) is 2.77. The van der Waals surface area contributed by atoms with Crippen LogP contribution in [0.3, 0.4) is 0 Å². The van der Waals surface area contributed by atoms with Crippen LogP contribution in [0.5, 0.6) is 5.75 Å². The minimum Gasteiger partial charge on any atom is -0.508 e. The average molecular weight is 238 g/mol. The van der Waals surface area contributed by atoms with Gasteiger partial charge in [0, 0.05) is 37.3 Å². The first-order chi connectivity index (χ1) is 8.16. The SMILES string of the molecule is O=[N+]([O-])c1ccc(O)c(CN2CCOCC2)c1. The molecule has 6 heteroatoms. The van der Waals surface area contributed by atoms with Gasteiger partial charge in [-0.05, 0) is 6.07 Å². The molecule has 0 aliphatic carbocycles. The van der Waals surface area contributed by atoms with Gasteiger partial charge in [0.15, 0.2) is 0 Å². The van der Waals surface area contributed by atoms with Crippen LogP contribution in [-0.4, -0.2) is 41.2 Å². The molecule has 0 saturated carbocycles. The van der Waals surface area contributed by atoms with Gasteiger partial charge < -0.3 is 9.84 Å². The standard InChI is InChI=1S/C11H14N2O4/c14-11-2-1-10(13(15)16)7-9(11)8-12-3-5-17-6-4-12/h1-2,7,14H,3-6,8H2. The monoisotopic (exact) mass is 238 g/mol. The number of aromatic hydroxyl groups is 1. The molecular formula is C11H14N2O4. The fraction of sp³-hybridized carbons (Fsp3) is 0.455. The summed E-state index contributed by atoms with van der Waals surface area (Å²) in [5.74, 6) is 0.0992. The van der Waals surface area contributed by atoms with E-state index in [1.807, 2.05) is 0 Å². The van der Waals surface area contributed by atoms with E-state index in [-0.39, 0.29) is 11.4 Å². The second-order valence-corrected chi connectivity index (χ2v) is 3.96. The van der Waals surface area contributed by atoms with Crippen molar-refractivity contribution in [2.24, 2.45) is 0 Å². The molecule has 0 spiro atoms. The molecule has 0 unspecified atom stereocenters. The molecule has 2 rings (SSSR count). The highest BCUT2D eigenvalue weighted by Gasteiger charge is 2.15. The number of nitro benzene ring substituents is 1. The minimum atomic E-state index is -0.456. The maximum Gasteiger partial charge on any atom is 0.270 e. The molecule has 17 heavy (non-hydrogen) atoms. The van der Waals surface area contributed by atoms with E-state index in [0.717, 1.165) is 13.1 Å². The van der Waals surface area contributed by atoms with Crippen LogP contribution in [0, 0.1) is 10.1 Å². The maximum atomic E-state index is 10.6. The van der Waals surface area contributed by atoms with Gasteiger partial charge in [-0.3, -0.25) is 15.0 Å². The first kappa shape index (κ1) is 11.8. The largest absolute Gasteiger partial charge is 0.508 e. The van der Waals surface area contributed by atoms with E-state index in [2.05, 4.69) is 4.90 Å². The van der Waals surface area contributed by atoms with Crippen LogP contribution in [0.2, 0.25) is 0 Å². The van der Waals surface area contributed by atoms with Gasteiger partial charge in [0.25, 0.3) is 5.69 Å². The normalized spacial score (nSPS) is 16.9. The van der Waals surface area contributed by atoms with Crippen molar-refractivity contribution >= 4 is 5.69 Å². The van der Waals surface area contributed by atoms with Crippen molar-refractivity contribution in [3.63, 3.8) is 0 Å². The molecule has 0 radical (unpaired) electrons. The van der Waals surface area contributed by atoms with Gasteiger partial charge in [-0.25, -0.2) is 0 Å². The predicted molar refractivity (Wildman–Crippen MR) is 60.9 cm³/mol. The molecular weight excluding hydrogens is 224 g/mol. The van der Waals surface area contributed by atoms with Crippen LogP contribution in [0.1, 0.15) is 5.56 Å². The molecule has 1 saturated heterocycles. The molecule has 0 aromatic heterocycles. The van der Waals surface area contributed by atoms with Gasteiger partial charge in [-0.15, -0.1) is 0 Å². The zero-order valence-electron chi connectivity index (χ0n) is 9.33. The quantitative estimate of drug-likeness (QED) is 0.631. The Morgan fingerprint density at radius 1 is 1.41 bits per heavy atom. The van der Waals surface area contributed by atoms with Crippen molar-refractivity contribution in [2.45, 2.75) is 6.54 Å². The van der Waals surface area contributed by atoms with Gasteiger partial charge in [0.05, 0.1) is 18.1 Å². The second kappa shape index (κ2) is 5.11. The van der Waals surface area contributed by atoms with E-state index in [0.29, 0.717) is 25.3 Å². The Bertz CT molecular complexity index is 416. The topological polar surface area (TPSA) is 75.8 Å². The molecule has 1 aliphatic heterocycles. The van der Waals surface area contributed by atoms with Crippen molar-refractivity contribution in [1.29, 1.82) is 0 Å². The third kappa shape index (κ3) is 2.92. The van der Waals surface area contributed by atoms with Gasteiger partial charge in [0.1, 0.15) is 5.75 Å². The fourth-order valence-corrected chi connectivity index (χ4v) is 1.81. The Kier molecular flexibility index (Phi) is 3.55. The molecule has 0 atom stereocenters. The lowest BCUT2D eigenvalue weighted by Gasteiger charge is -2.26. The number of nitro groups is 1. The van der Waals surface area contributed by atoms with Crippen molar-refractivity contribution < 1.29 is 14.8 Å². The Morgan fingerprint density at radius 2 is 2.12 bits per heavy atom. The smallest absolute Gasteiger partial charge is 0.270 e. The van der Waals surface area contributed by atoms with Crippen molar-refractivity contribution in [3.8, 4) is 5.75 Å². The number of hydrogen-bond acceptors (Lipinski definition) is 5. The lowest BCUT2D eigenvalue weighted by atomic mass is 10.1. The summed E-state index contributed by atoms with van der Waals surface area (Å²) in [4.78, 5) is 12.3. The summed E-state index contributed by atoms with van der Waals surface area (Å²) < 4.78 is 5.22. The lowest BCUT2D eigenvalue weighted by molar-refractivity contribution is -0.385. The second-order valence-electron chi connectivity index (χ2n) is 3.96. The number of benzene rings is 1. The molecule has 6 nitrogen and oxygen atoms in total. The molecule has 1 aromatic rings. The Balaban J connectivity index is 2.13. The van der Waals surface area contributed by atoms with E-state index in [4.69, 9.17) is 4.74 Å². The summed E-state index contributed by atoms with van der Waals surface area (Å²) in [6.45, 7) is 3.40. The Morgan fingerprint density at radius 3 is 2.76 bits per heavy atom. The molecule has 0 amide bonds. The van der Waals surface area contributed by atoms with E-state index >= 15 is 0 Å². The minimum absolute atomic E-state index is 0.00561. The number of nitrogens with zero attached hydrogens (tertiary/aromatic N) is 2. The summed E-state index contributed by atoms with van der Waals surface area (Å²) in [5, 5.41) is 20.3. The highest BCUT2D eigenvalue weighted by Crippen LogP contribution is 2.24. The van der Waals surface area contributed by atoms with E-state index < -0.39 is 4.92 Å². The molecule has 92 valence electrons. The summed E-state index contributed by atoms with van der Waals surface area (Å²) in [7, 11) is 0. The van der Waals surface area contributed by atoms with Crippen LogP contribution in [0.4, 0.5) is 5.69 Å². The maximum absolute atomic E-state index is 10.6. The van der Waals surface area contributed by atoms with E-state index in [1.165, 1.54) is 18.2 Å². The first-order valence-corrected chi connectivity index (χ1v) is 5.43. The first-order valence-electron chi connectivity index (χ1n) is 5.43. The average Bonchev–Trinajstić information content (AvgIpc) is 2.33. The number of non-ortho nitro benzene ring substituents is 1. The Hall–Kier alpha value is -1.66. The summed E-state index contributed by atoms with van der Waals surface area (Å²) in [6.07, 6.45) is 0. The van der Waals surface area contributed by atoms with Crippen molar-refractivity contribution in [3.05, 3.63) is 33.9 Å². The molecule has 1 fully saturated rings. The Labute approximate surface area is 98.6 Å². The summed E-state index contributed by atoms with van der Waals surface area (Å²) >= 11 is 0. The van der Waals surface area contributed by atoms with Gasteiger partial charge in [-0.2, -0.15) is 0 Å². The molecule has 1 aromatic carbocycles. The van der Waals surface area contributed by atoms with Crippen LogP contribution in [0.25, 0.3) is 0 Å². The van der Waals surface area contributed by atoms with Gasteiger partial charge >= 0.3 is 0 Å². The number of phenols is 1. The van der Waals surface area contributed by atoms with Gasteiger partial charge in [-0.1, -0.05) is 0 Å². The summed E-state index contributed by atoms with van der Waals surface area (Å²) in [6, 6.07) is 4.09. The highest BCUT2D eigenvalue weighted by atomic mass is 16.6. The van der Waals surface area contributed by atoms with Crippen LogP contribution < -0.4 is 0 Å². The zero-order valence-corrected chi connectivity index (χ0v) is 9.33. The molecule has 1 N–H and O–H groups in total.